The summed E-state index contributed by atoms with van der Waals surface area (Å²) >= 11 is 0. The molecule has 1 heterocycles. The van der Waals surface area contributed by atoms with Crippen molar-refractivity contribution >= 4 is 0 Å². The van der Waals surface area contributed by atoms with E-state index in [-0.39, 0.29) is 6.10 Å². The average Bonchev–Trinajstić information content (AvgIpc) is 3.38. The maximum absolute atomic E-state index is 5.94. The summed E-state index contributed by atoms with van der Waals surface area (Å²) in [4.78, 5) is 10.0. The van der Waals surface area contributed by atoms with Crippen LogP contribution in [0.5, 0.6) is 0 Å². The van der Waals surface area contributed by atoms with Crippen LogP contribution in [0.1, 0.15) is 74.6 Å². The van der Waals surface area contributed by atoms with Gasteiger partial charge in [0.25, 0.3) is 0 Å². The average molecular weight is 413 g/mol. The predicted molar refractivity (Wildman–Crippen MR) is 123 cm³/mol. The van der Waals surface area contributed by atoms with E-state index < -0.39 is 0 Å². The quantitative estimate of drug-likeness (QED) is 0.436. The molecule has 0 bridgehead atoms. The van der Waals surface area contributed by atoms with Gasteiger partial charge in [-0.1, -0.05) is 38.5 Å². The molecule has 1 aromatic carbocycles. The van der Waals surface area contributed by atoms with E-state index in [0.29, 0.717) is 5.92 Å². The Kier molecular flexibility index (Phi) is 9.37. The van der Waals surface area contributed by atoms with Crippen molar-refractivity contribution in [2.45, 2.75) is 71.6 Å². The van der Waals surface area contributed by atoms with Crippen LogP contribution in [0, 0.1) is 5.92 Å². The number of aromatic nitrogens is 2. The van der Waals surface area contributed by atoms with Crippen molar-refractivity contribution in [2.24, 2.45) is 5.92 Å². The fourth-order valence-corrected chi connectivity index (χ4v) is 4.87. The van der Waals surface area contributed by atoms with Gasteiger partial charge in [-0.3, -0.25) is 0 Å². The molecule has 2 unspecified atom stereocenters. The van der Waals surface area contributed by atoms with Gasteiger partial charge in [-0.15, -0.1) is 0 Å². The number of ether oxygens (including phenoxy) is 1. The highest BCUT2D eigenvalue weighted by Crippen LogP contribution is 2.41. The molecule has 1 aliphatic rings. The number of hydrogen-bond acceptors (Lipinski definition) is 4. The molecule has 0 radical (unpaired) electrons. The minimum absolute atomic E-state index is 0.257. The van der Waals surface area contributed by atoms with E-state index in [1.165, 1.54) is 68.4 Å². The summed E-state index contributed by atoms with van der Waals surface area (Å²) in [7, 11) is 1.87. The monoisotopic (exact) mass is 412 g/mol. The Morgan fingerprint density at radius 3 is 2.67 bits per heavy atom. The van der Waals surface area contributed by atoms with E-state index in [0.717, 1.165) is 25.3 Å². The van der Waals surface area contributed by atoms with Crippen LogP contribution in [-0.4, -0.2) is 41.6 Å². The van der Waals surface area contributed by atoms with E-state index in [4.69, 9.17) is 4.74 Å². The van der Waals surface area contributed by atoms with Crippen LogP contribution >= 0.6 is 0 Å². The molecule has 3 rings (SSSR count). The lowest BCUT2D eigenvalue weighted by atomic mass is 9.96. The molecular weight excluding hydrogens is 372 g/mol. The Bertz CT molecular complexity index is 725. The Morgan fingerprint density at radius 2 is 1.97 bits per heavy atom. The maximum atomic E-state index is 5.94. The summed E-state index contributed by atoms with van der Waals surface area (Å²) in [6.07, 6.45) is 11.4. The zero-order valence-corrected chi connectivity index (χ0v) is 19.1. The topological polar surface area (TPSA) is 53.2 Å². The zero-order valence-electron chi connectivity index (χ0n) is 19.1. The van der Waals surface area contributed by atoms with Gasteiger partial charge in [0.1, 0.15) is 5.82 Å². The van der Waals surface area contributed by atoms with E-state index in [1.807, 2.05) is 13.3 Å². The largest absolute Gasteiger partial charge is 0.376 e. The number of hydrogen-bond donors (Lipinski definition) is 2. The molecular formula is C25H40N4O. The van der Waals surface area contributed by atoms with Crippen LogP contribution in [0.2, 0.25) is 0 Å². The third-order valence-electron chi connectivity index (χ3n) is 6.23. The third kappa shape index (κ3) is 6.40. The van der Waals surface area contributed by atoms with Crippen LogP contribution < -0.4 is 5.32 Å². The second-order valence-electron chi connectivity index (χ2n) is 8.63. The maximum Gasteiger partial charge on any atom is 0.120 e. The molecule has 2 atom stereocenters. The number of methoxy groups -OCH3 is 1. The van der Waals surface area contributed by atoms with Crippen molar-refractivity contribution in [1.82, 2.24) is 20.2 Å². The number of nitrogens with one attached hydrogen (secondary N) is 2. The molecule has 0 aliphatic heterocycles. The fraction of sp³-hybridized carbons (Fsp3) is 0.640. The highest BCUT2D eigenvalue weighted by atomic mass is 16.5. The minimum Gasteiger partial charge on any atom is -0.376 e. The number of benzene rings is 1. The SMILES string of the molecule is CCCN(CCC)CCCCC1Cc2cc(CNCc3ncc[nH]3)ccc2C1OC. The molecule has 0 saturated heterocycles. The molecule has 166 valence electrons. The van der Waals surface area contributed by atoms with Gasteiger partial charge < -0.3 is 19.9 Å². The Balaban J connectivity index is 1.47. The molecule has 0 fully saturated rings. The van der Waals surface area contributed by atoms with Gasteiger partial charge in [0.15, 0.2) is 0 Å². The first-order valence-electron chi connectivity index (χ1n) is 11.8. The van der Waals surface area contributed by atoms with Crippen molar-refractivity contribution in [3.05, 3.63) is 53.1 Å². The van der Waals surface area contributed by atoms with Crippen LogP contribution in [0.3, 0.4) is 0 Å². The van der Waals surface area contributed by atoms with E-state index >= 15 is 0 Å². The number of imidazole rings is 1. The summed E-state index contributed by atoms with van der Waals surface area (Å²) in [6, 6.07) is 6.91. The molecule has 0 saturated carbocycles. The molecule has 2 aromatic rings. The fourth-order valence-electron chi connectivity index (χ4n) is 4.87. The van der Waals surface area contributed by atoms with E-state index in [1.54, 1.807) is 6.20 Å². The number of rotatable bonds is 14. The molecule has 1 aliphatic carbocycles. The van der Waals surface area contributed by atoms with Gasteiger partial charge in [-0.25, -0.2) is 4.98 Å². The van der Waals surface area contributed by atoms with Crippen LogP contribution in [0.15, 0.2) is 30.6 Å². The van der Waals surface area contributed by atoms with Crippen LogP contribution in [0.25, 0.3) is 0 Å². The zero-order chi connectivity index (χ0) is 21.2. The van der Waals surface area contributed by atoms with Gasteiger partial charge in [0, 0.05) is 26.0 Å². The number of H-pyrrole nitrogens is 1. The minimum atomic E-state index is 0.257. The highest BCUT2D eigenvalue weighted by Gasteiger charge is 2.32. The number of unbranched alkanes of at least 4 members (excludes halogenated alkanes) is 1. The first-order chi connectivity index (χ1) is 14.7. The predicted octanol–water partition coefficient (Wildman–Crippen LogP) is 4.85. The van der Waals surface area contributed by atoms with Gasteiger partial charge in [-0.05, 0) is 74.3 Å². The Hall–Kier alpha value is -1.69. The number of nitrogens with zero attached hydrogens (tertiary/aromatic N) is 2. The van der Waals surface area contributed by atoms with Crippen molar-refractivity contribution < 1.29 is 4.74 Å². The number of aromatic amines is 1. The number of fused-ring (bicyclic) bond motifs is 1. The van der Waals surface area contributed by atoms with Gasteiger partial charge in [0.2, 0.25) is 0 Å². The van der Waals surface area contributed by atoms with Crippen molar-refractivity contribution in [3.8, 4) is 0 Å². The molecule has 0 amide bonds. The van der Waals surface area contributed by atoms with E-state index in [2.05, 4.69) is 52.2 Å². The van der Waals surface area contributed by atoms with Gasteiger partial charge >= 0.3 is 0 Å². The van der Waals surface area contributed by atoms with Gasteiger partial charge in [-0.2, -0.15) is 0 Å². The summed E-state index contributed by atoms with van der Waals surface area (Å²) in [5, 5.41) is 3.48. The summed E-state index contributed by atoms with van der Waals surface area (Å²) < 4.78 is 5.94. The summed E-state index contributed by atoms with van der Waals surface area (Å²) in [5.41, 5.74) is 4.21. The lowest BCUT2D eigenvalue weighted by Gasteiger charge is -2.22. The van der Waals surface area contributed by atoms with Crippen LogP contribution in [-0.2, 0) is 24.2 Å². The molecule has 1 aromatic heterocycles. The Labute approximate surface area is 182 Å². The normalized spacial score (nSPS) is 18.3. The first kappa shape index (κ1) is 23.0. The van der Waals surface area contributed by atoms with Crippen molar-refractivity contribution in [1.29, 1.82) is 0 Å². The lowest BCUT2D eigenvalue weighted by Crippen LogP contribution is -2.26. The third-order valence-corrected chi connectivity index (χ3v) is 6.23. The summed E-state index contributed by atoms with van der Waals surface area (Å²) in [6.45, 7) is 9.90. The lowest BCUT2D eigenvalue weighted by molar-refractivity contribution is 0.0579. The second-order valence-corrected chi connectivity index (χ2v) is 8.63. The Morgan fingerprint density at radius 1 is 1.13 bits per heavy atom. The second kappa shape index (κ2) is 12.2. The van der Waals surface area contributed by atoms with Crippen molar-refractivity contribution in [2.75, 3.05) is 26.7 Å². The molecule has 5 nitrogen and oxygen atoms in total. The molecule has 0 spiro atoms. The summed E-state index contributed by atoms with van der Waals surface area (Å²) in [5.74, 6) is 1.59. The highest BCUT2D eigenvalue weighted by molar-refractivity contribution is 5.38. The standard InChI is InChI=1S/C25H40N4O/c1-4-13-29(14-5-2)15-7-6-8-21-17-22-16-20(9-10-23(22)25(21)30-3)18-26-19-24-27-11-12-28-24/h9-12,16,21,25-26H,4-8,13-15,17-19H2,1-3H3,(H,27,28). The first-order valence-corrected chi connectivity index (χ1v) is 11.8. The molecule has 30 heavy (non-hydrogen) atoms. The van der Waals surface area contributed by atoms with Crippen molar-refractivity contribution in [3.63, 3.8) is 0 Å². The molecule has 5 heteroatoms. The molecule has 2 N–H and O–H groups in total. The smallest absolute Gasteiger partial charge is 0.120 e. The van der Waals surface area contributed by atoms with E-state index in [9.17, 15) is 0 Å². The van der Waals surface area contributed by atoms with Crippen LogP contribution in [0.4, 0.5) is 0 Å². The van der Waals surface area contributed by atoms with Gasteiger partial charge in [0.05, 0.1) is 12.6 Å².